The van der Waals surface area contributed by atoms with Gasteiger partial charge in [0, 0.05) is 11.1 Å². The van der Waals surface area contributed by atoms with Gasteiger partial charge in [-0.25, -0.2) is 9.97 Å². The van der Waals surface area contributed by atoms with Crippen molar-refractivity contribution >= 4 is 33.3 Å². The van der Waals surface area contributed by atoms with Gasteiger partial charge in [-0.2, -0.15) is 0 Å². The summed E-state index contributed by atoms with van der Waals surface area (Å²) in [6.07, 6.45) is 2.66. The highest BCUT2D eigenvalue weighted by Gasteiger charge is 2.04. The summed E-state index contributed by atoms with van der Waals surface area (Å²) in [4.78, 5) is 9.53. The monoisotopic (exact) mass is 225 g/mol. The second kappa shape index (κ2) is 4.72. The second-order valence-electron chi connectivity index (χ2n) is 2.81. The standard InChI is InChI=1S/C9H11N3S2/c10-3-1-4-13-8-7-2-5-14-9(7)12-6-11-8/h2,5-6H,1,3-4,10H2. The van der Waals surface area contributed by atoms with E-state index in [1.807, 2.05) is 5.38 Å². The summed E-state index contributed by atoms with van der Waals surface area (Å²) in [5.74, 6) is 1.03. The Bertz CT molecular complexity index is 413. The molecule has 0 fully saturated rings. The maximum atomic E-state index is 5.44. The van der Waals surface area contributed by atoms with Crippen LogP contribution in [0.2, 0.25) is 0 Å². The fourth-order valence-corrected chi connectivity index (χ4v) is 2.88. The molecule has 2 N–H and O–H groups in total. The van der Waals surface area contributed by atoms with Gasteiger partial charge in [0.1, 0.15) is 16.2 Å². The summed E-state index contributed by atoms with van der Waals surface area (Å²) in [6.45, 7) is 0.741. The van der Waals surface area contributed by atoms with Crippen LogP contribution in [0.3, 0.4) is 0 Å². The number of nitrogens with two attached hydrogens (primary N) is 1. The Kier molecular flexibility index (Phi) is 3.34. The van der Waals surface area contributed by atoms with E-state index in [1.165, 1.54) is 5.39 Å². The van der Waals surface area contributed by atoms with Crippen LogP contribution in [0.15, 0.2) is 22.8 Å². The predicted molar refractivity (Wildman–Crippen MR) is 61.8 cm³/mol. The van der Waals surface area contributed by atoms with Crippen LogP contribution in [0.25, 0.3) is 10.2 Å². The van der Waals surface area contributed by atoms with E-state index < -0.39 is 0 Å². The molecule has 0 saturated heterocycles. The maximum Gasteiger partial charge on any atom is 0.127 e. The number of aromatic nitrogens is 2. The molecule has 2 heterocycles. The maximum absolute atomic E-state index is 5.44. The van der Waals surface area contributed by atoms with Gasteiger partial charge in [0.2, 0.25) is 0 Å². The Balaban J connectivity index is 2.19. The van der Waals surface area contributed by atoms with Gasteiger partial charge in [0.15, 0.2) is 0 Å². The molecule has 0 unspecified atom stereocenters. The van der Waals surface area contributed by atoms with E-state index in [9.17, 15) is 0 Å². The smallest absolute Gasteiger partial charge is 0.127 e. The lowest BCUT2D eigenvalue weighted by molar-refractivity contribution is 0.941. The number of nitrogens with zero attached hydrogens (tertiary/aromatic N) is 2. The van der Waals surface area contributed by atoms with Gasteiger partial charge in [-0.1, -0.05) is 0 Å². The van der Waals surface area contributed by atoms with E-state index in [0.29, 0.717) is 0 Å². The van der Waals surface area contributed by atoms with Crippen LogP contribution >= 0.6 is 23.1 Å². The number of hydrogen-bond acceptors (Lipinski definition) is 5. The molecule has 0 atom stereocenters. The minimum absolute atomic E-state index is 0.741. The molecule has 14 heavy (non-hydrogen) atoms. The minimum Gasteiger partial charge on any atom is -0.330 e. The van der Waals surface area contributed by atoms with E-state index >= 15 is 0 Å². The zero-order chi connectivity index (χ0) is 9.80. The van der Waals surface area contributed by atoms with Gasteiger partial charge in [-0.3, -0.25) is 0 Å². The van der Waals surface area contributed by atoms with Crippen LogP contribution in [0.4, 0.5) is 0 Å². The second-order valence-corrected chi connectivity index (χ2v) is 4.79. The highest BCUT2D eigenvalue weighted by atomic mass is 32.2. The van der Waals surface area contributed by atoms with Crippen LogP contribution in [-0.2, 0) is 0 Å². The van der Waals surface area contributed by atoms with Gasteiger partial charge < -0.3 is 5.73 Å². The van der Waals surface area contributed by atoms with E-state index in [2.05, 4.69) is 16.0 Å². The average molecular weight is 225 g/mol. The number of rotatable bonds is 4. The first kappa shape index (κ1) is 9.89. The van der Waals surface area contributed by atoms with Crippen molar-refractivity contribution in [3.8, 4) is 0 Å². The topological polar surface area (TPSA) is 51.8 Å². The van der Waals surface area contributed by atoms with E-state index in [0.717, 1.165) is 28.6 Å². The van der Waals surface area contributed by atoms with E-state index in [4.69, 9.17) is 5.73 Å². The number of thioether (sulfide) groups is 1. The predicted octanol–water partition coefficient (Wildman–Crippen LogP) is 2.13. The largest absolute Gasteiger partial charge is 0.330 e. The molecule has 0 aromatic carbocycles. The van der Waals surface area contributed by atoms with Crippen molar-refractivity contribution in [1.29, 1.82) is 0 Å². The highest BCUT2D eigenvalue weighted by Crippen LogP contribution is 2.27. The van der Waals surface area contributed by atoms with Crippen molar-refractivity contribution in [3.63, 3.8) is 0 Å². The summed E-state index contributed by atoms with van der Waals surface area (Å²) in [5, 5.41) is 4.29. The van der Waals surface area contributed by atoms with E-state index in [1.54, 1.807) is 29.4 Å². The lowest BCUT2D eigenvalue weighted by Gasteiger charge is -1.99. The Labute approximate surface area is 90.8 Å². The summed E-state index contributed by atoms with van der Waals surface area (Å²) < 4.78 is 0. The third-order valence-corrected chi connectivity index (χ3v) is 3.72. The molecule has 0 bridgehead atoms. The Hall–Kier alpha value is -0.650. The van der Waals surface area contributed by atoms with Crippen molar-refractivity contribution in [2.24, 2.45) is 5.73 Å². The Morgan fingerprint density at radius 1 is 1.43 bits per heavy atom. The number of fused-ring (bicyclic) bond motifs is 1. The lowest BCUT2D eigenvalue weighted by atomic mass is 10.4. The lowest BCUT2D eigenvalue weighted by Crippen LogP contribution is -1.99. The van der Waals surface area contributed by atoms with Gasteiger partial charge >= 0.3 is 0 Å². The van der Waals surface area contributed by atoms with Crippen LogP contribution in [0.1, 0.15) is 6.42 Å². The van der Waals surface area contributed by atoms with Gasteiger partial charge in [0.25, 0.3) is 0 Å². The molecule has 2 aromatic rings. The fraction of sp³-hybridized carbons (Fsp3) is 0.333. The molecule has 0 aliphatic heterocycles. The fourth-order valence-electron chi connectivity index (χ4n) is 1.13. The average Bonchev–Trinajstić information content (AvgIpc) is 2.67. The van der Waals surface area contributed by atoms with Crippen LogP contribution in [0, 0.1) is 0 Å². The number of thiophene rings is 1. The molecule has 0 aliphatic carbocycles. The third-order valence-electron chi connectivity index (χ3n) is 1.81. The first-order chi connectivity index (χ1) is 6.92. The molecule has 2 rings (SSSR count). The highest BCUT2D eigenvalue weighted by molar-refractivity contribution is 7.99. The molecular formula is C9H11N3S2. The summed E-state index contributed by atoms with van der Waals surface area (Å²) in [7, 11) is 0. The van der Waals surface area contributed by atoms with Crippen LogP contribution in [0.5, 0.6) is 0 Å². The molecule has 0 saturated carbocycles. The van der Waals surface area contributed by atoms with Gasteiger partial charge in [0.05, 0.1) is 0 Å². The quantitative estimate of drug-likeness (QED) is 0.492. The third kappa shape index (κ3) is 2.05. The van der Waals surface area contributed by atoms with Crippen molar-refractivity contribution in [2.45, 2.75) is 11.4 Å². The first-order valence-electron chi connectivity index (χ1n) is 4.43. The van der Waals surface area contributed by atoms with Crippen molar-refractivity contribution in [2.75, 3.05) is 12.3 Å². The summed E-state index contributed by atoms with van der Waals surface area (Å²) in [5.41, 5.74) is 5.44. The molecule has 3 nitrogen and oxygen atoms in total. The van der Waals surface area contributed by atoms with Gasteiger partial charge in [-0.15, -0.1) is 23.1 Å². The molecule has 0 spiro atoms. The minimum atomic E-state index is 0.741. The summed E-state index contributed by atoms with van der Waals surface area (Å²) >= 11 is 3.41. The molecule has 0 radical (unpaired) electrons. The zero-order valence-electron chi connectivity index (χ0n) is 7.64. The van der Waals surface area contributed by atoms with Crippen molar-refractivity contribution in [1.82, 2.24) is 9.97 Å². The Morgan fingerprint density at radius 3 is 3.21 bits per heavy atom. The molecular weight excluding hydrogens is 214 g/mol. The molecule has 5 heteroatoms. The molecule has 0 aliphatic rings. The van der Waals surface area contributed by atoms with Crippen molar-refractivity contribution < 1.29 is 0 Å². The number of hydrogen-bond donors (Lipinski definition) is 1. The van der Waals surface area contributed by atoms with E-state index in [-0.39, 0.29) is 0 Å². The Morgan fingerprint density at radius 2 is 2.36 bits per heavy atom. The first-order valence-corrected chi connectivity index (χ1v) is 6.29. The molecule has 74 valence electrons. The molecule has 2 aromatic heterocycles. The van der Waals surface area contributed by atoms with Crippen LogP contribution in [-0.4, -0.2) is 22.3 Å². The van der Waals surface area contributed by atoms with Crippen molar-refractivity contribution in [3.05, 3.63) is 17.8 Å². The normalized spacial score (nSPS) is 10.9. The summed E-state index contributed by atoms with van der Waals surface area (Å²) in [6, 6.07) is 2.07. The van der Waals surface area contributed by atoms with Crippen LogP contribution < -0.4 is 5.73 Å². The zero-order valence-corrected chi connectivity index (χ0v) is 9.27. The molecule has 0 amide bonds. The van der Waals surface area contributed by atoms with Gasteiger partial charge in [-0.05, 0) is 24.4 Å². The SMILES string of the molecule is NCCCSc1ncnc2sccc12.